The van der Waals surface area contributed by atoms with E-state index in [-0.39, 0.29) is 63.9 Å². The van der Waals surface area contributed by atoms with Crippen molar-refractivity contribution in [3.05, 3.63) is 108 Å². The smallest absolute Gasteiger partial charge is 0.256 e. The van der Waals surface area contributed by atoms with Gasteiger partial charge in [-0.3, -0.25) is 0 Å². The van der Waals surface area contributed by atoms with Crippen LogP contribution in [0, 0.1) is 0 Å². The SMILES string of the molecule is CC1=C/C(=N/c2nc(/N=C3\C=CC(N=Nc4cc(S(=O)(=O)[O-])c5cccc(S(=O)(=O)[O-])c5c4)C(C)=C3)nc(NCCO)n2)C=CC1N=Nc1cc(S(=O)(=O)[O-])c2cccc(S(=O)(=O)[O-])c2c1. The molecule has 23 nitrogen and oxygen atoms in total. The molecule has 2 atom stereocenters. The highest BCUT2D eigenvalue weighted by Gasteiger charge is 2.19. The lowest BCUT2D eigenvalue weighted by atomic mass is 10.0. The molecule has 2 aliphatic carbocycles. The maximum absolute atomic E-state index is 12.1. The van der Waals surface area contributed by atoms with Crippen molar-refractivity contribution in [2.24, 2.45) is 30.4 Å². The standard InChI is InChI=1S/C39H34N10O13S4/c1-21-15-23(9-11-31(21)48-46-25-17-29-27(35(19-25)65(57,58)59)5-3-7-33(29)63(51,52)53)41-38-43-37(40-13-14-50)44-39(45-38)42-24-10-12-32(22(2)16-24)49-47-26-18-30-28(36(20-26)66(60,61)62)6-4-8-34(30)64(54,55)56/h3-12,15-20,31-32,50H,13-14H2,1-2H3,(H,51,52,53)(H,54,55,56)(H,57,58,59)(H,60,61,62)(H,40,43,44,45)/p-4/b41-23+,42-24+,48-46?,49-47?. The molecule has 2 N–H and O–H groups in total. The van der Waals surface area contributed by atoms with E-state index in [1.54, 1.807) is 50.3 Å². The minimum atomic E-state index is -5.14. The van der Waals surface area contributed by atoms with Gasteiger partial charge in [-0.1, -0.05) is 36.4 Å². The van der Waals surface area contributed by atoms with Crippen molar-refractivity contribution in [3.8, 4) is 0 Å². The predicted molar refractivity (Wildman–Crippen MR) is 232 cm³/mol. The van der Waals surface area contributed by atoms with Crippen molar-refractivity contribution in [1.29, 1.82) is 0 Å². The van der Waals surface area contributed by atoms with Gasteiger partial charge in [-0.15, -0.1) is 0 Å². The van der Waals surface area contributed by atoms with Crippen molar-refractivity contribution >= 4 is 103 Å². The number of allylic oxidation sites excluding steroid dienone is 4. The van der Waals surface area contributed by atoms with Crippen molar-refractivity contribution in [3.63, 3.8) is 0 Å². The van der Waals surface area contributed by atoms with E-state index in [4.69, 9.17) is 0 Å². The summed E-state index contributed by atoms with van der Waals surface area (Å²) in [7, 11) is -20.4. The van der Waals surface area contributed by atoms with Crippen LogP contribution >= 0.6 is 0 Å². The second kappa shape index (κ2) is 18.3. The molecule has 0 aliphatic heterocycles. The number of aliphatic hydroxyl groups excluding tert-OH is 1. The van der Waals surface area contributed by atoms with E-state index in [1.165, 1.54) is 12.1 Å². The number of aliphatic imine (C=N–C) groups is 2. The van der Waals surface area contributed by atoms with Gasteiger partial charge in [0.15, 0.2) is 0 Å². The second-order valence-electron chi connectivity index (χ2n) is 14.2. The molecule has 0 saturated carbocycles. The zero-order valence-corrected chi connectivity index (χ0v) is 37.1. The van der Waals surface area contributed by atoms with E-state index >= 15 is 0 Å². The van der Waals surface area contributed by atoms with Gasteiger partial charge in [-0.05, 0) is 85.7 Å². The highest BCUT2D eigenvalue weighted by atomic mass is 32.2. The summed E-state index contributed by atoms with van der Waals surface area (Å²) >= 11 is 0. The lowest BCUT2D eigenvalue weighted by molar-refractivity contribution is 0.310. The Bertz CT molecular complexity index is 3340. The fraction of sp³-hybridized carbons (Fsp3) is 0.154. The molecule has 0 bridgehead atoms. The Balaban J connectivity index is 1.13. The maximum Gasteiger partial charge on any atom is 0.256 e. The largest absolute Gasteiger partial charge is 0.744 e. The molecule has 27 heteroatoms. The summed E-state index contributed by atoms with van der Waals surface area (Å²) in [6, 6.07) is 9.26. The normalized spacial score (nSPS) is 18.5. The molecule has 5 aromatic rings. The van der Waals surface area contributed by atoms with Crippen molar-refractivity contribution < 1.29 is 57.0 Å². The molecule has 7 rings (SSSR count). The van der Waals surface area contributed by atoms with Gasteiger partial charge in [0.2, 0.25) is 5.95 Å². The molecule has 4 aromatic carbocycles. The average molecular weight is 975 g/mol. The van der Waals surface area contributed by atoms with Crippen molar-refractivity contribution in [2.45, 2.75) is 45.5 Å². The summed E-state index contributed by atoms with van der Waals surface area (Å²) < 4.78 is 144. The molecule has 1 aromatic heterocycles. The molecule has 0 saturated heterocycles. The minimum absolute atomic E-state index is 0.0163. The highest BCUT2D eigenvalue weighted by Crippen LogP contribution is 2.35. The van der Waals surface area contributed by atoms with Crippen molar-refractivity contribution in [1.82, 2.24) is 15.0 Å². The van der Waals surface area contributed by atoms with Gasteiger partial charge in [0, 0.05) is 28.1 Å². The van der Waals surface area contributed by atoms with Gasteiger partial charge in [-0.2, -0.15) is 35.4 Å². The number of azo groups is 2. The molecule has 0 radical (unpaired) electrons. The monoisotopic (exact) mass is 974 g/mol. The van der Waals surface area contributed by atoms with Gasteiger partial charge in [-0.25, -0.2) is 43.7 Å². The lowest BCUT2D eigenvalue weighted by Crippen LogP contribution is -2.11. The first-order valence-corrected chi connectivity index (χ1v) is 24.4. The van der Waals surface area contributed by atoms with Crippen LogP contribution in [0.25, 0.3) is 21.5 Å². The third kappa shape index (κ3) is 10.9. The van der Waals surface area contributed by atoms with Gasteiger partial charge >= 0.3 is 0 Å². The molecule has 0 fully saturated rings. The Morgan fingerprint density at radius 2 is 0.985 bits per heavy atom. The Hall–Kier alpha value is -6.69. The number of hydrogen-bond donors (Lipinski definition) is 2. The molecule has 0 spiro atoms. The fourth-order valence-corrected chi connectivity index (χ4v) is 9.38. The van der Waals surface area contributed by atoms with Crippen LogP contribution < -0.4 is 5.32 Å². The number of anilines is 1. The molecule has 342 valence electrons. The van der Waals surface area contributed by atoms with Gasteiger partial charge in [0.1, 0.15) is 52.6 Å². The zero-order chi connectivity index (χ0) is 47.8. The molecule has 1 heterocycles. The van der Waals surface area contributed by atoms with Crippen LogP contribution in [0.2, 0.25) is 0 Å². The topological polar surface area (TPSA) is 374 Å². The maximum atomic E-state index is 12.1. The van der Waals surface area contributed by atoms with Crippen LogP contribution in [0.15, 0.2) is 158 Å². The summed E-state index contributed by atoms with van der Waals surface area (Å²) in [5, 5.41) is 27.6. The van der Waals surface area contributed by atoms with E-state index < -0.39 is 72.1 Å². The average Bonchev–Trinajstić information content (AvgIpc) is 3.22. The third-order valence-electron chi connectivity index (χ3n) is 9.53. The van der Waals surface area contributed by atoms with Crippen LogP contribution in [-0.4, -0.2) is 109 Å². The zero-order valence-electron chi connectivity index (χ0n) is 33.8. The number of aromatic nitrogens is 3. The number of nitrogens with zero attached hydrogens (tertiary/aromatic N) is 9. The van der Waals surface area contributed by atoms with Crippen LogP contribution in [0.1, 0.15) is 13.8 Å². The van der Waals surface area contributed by atoms with E-state index in [0.717, 1.165) is 48.5 Å². The van der Waals surface area contributed by atoms with E-state index in [1.807, 2.05) is 0 Å². The first-order chi connectivity index (χ1) is 31.0. The molecule has 66 heavy (non-hydrogen) atoms. The summed E-state index contributed by atoms with van der Waals surface area (Å²) in [5.41, 5.74) is 1.41. The molecular weight excluding hydrogens is 945 g/mol. The van der Waals surface area contributed by atoms with Crippen LogP contribution in [0.3, 0.4) is 0 Å². The predicted octanol–water partition coefficient (Wildman–Crippen LogP) is 4.68. The summed E-state index contributed by atoms with van der Waals surface area (Å²) in [6.45, 7) is 3.16. The van der Waals surface area contributed by atoms with Gasteiger partial charge in [0.25, 0.3) is 11.9 Å². The Morgan fingerprint density at radius 3 is 1.35 bits per heavy atom. The summed E-state index contributed by atoms with van der Waals surface area (Å²) in [6.07, 6.45) is 9.50. The fourth-order valence-electron chi connectivity index (χ4n) is 6.59. The lowest BCUT2D eigenvalue weighted by Gasteiger charge is -2.16. The summed E-state index contributed by atoms with van der Waals surface area (Å²) in [5.74, 6) is -0.187. The molecule has 2 unspecified atom stereocenters. The summed E-state index contributed by atoms with van der Waals surface area (Å²) in [4.78, 5) is 18.8. The highest BCUT2D eigenvalue weighted by molar-refractivity contribution is 7.87. The number of aliphatic hydroxyl groups is 1. The first kappa shape index (κ1) is 47.3. The van der Waals surface area contributed by atoms with Crippen molar-refractivity contribution in [2.75, 3.05) is 18.5 Å². The first-order valence-electron chi connectivity index (χ1n) is 18.8. The number of nitrogens with one attached hydrogen (secondary N) is 1. The Kier molecular flexibility index (Phi) is 13.1. The number of benzene rings is 4. The second-order valence-corrected chi connectivity index (χ2v) is 19.6. The number of rotatable bonds is 13. The van der Waals surface area contributed by atoms with E-state index in [9.17, 15) is 57.0 Å². The van der Waals surface area contributed by atoms with Crippen LogP contribution in [0.4, 0.5) is 29.2 Å². The van der Waals surface area contributed by atoms with Gasteiger partial charge in [0.05, 0.1) is 49.0 Å². The van der Waals surface area contributed by atoms with Gasteiger partial charge < -0.3 is 28.6 Å². The Morgan fingerprint density at radius 1 is 0.576 bits per heavy atom. The third-order valence-corrected chi connectivity index (χ3v) is 13.1. The molecule has 0 amide bonds. The number of fused-ring (bicyclic) bond motifs is 2. The van der Waals surface area contributed by atoms with Crippen LogP contribution in [0.5, 0.6) is 0 Å². The van der Waals surface area contributed by atoms with Crippen LogP contribution in [-0.2, 0) is 40.5 Å². The molecular formula is C39H30N10O13S4-4. The minimum Gasteiger partial charge on any atom is -0.744 e. The quantitative estimate of drug-likeness (QED) is 0.119. The molecule has 2 aliphatic rings. The van der Waals surface area contributed by atoms with E-state index in [2.05, 4.69) is 50.7 Å². The number of hydrogen-bond acceptors (Lipinski definition) is 23. The van der Waals surface area contributed by atoms with E-state index in [0.29, 0.717) is 22.6 Å². The Labute approximate surface area is 375 Å².